The van der Waals surface area contributed by atoms with Crippen LogP contribution in [0.3, 0.4) is 0 Å². The molecule has 28 heavy (non-hydrogen) atoms. The fourth-order valence-corrected chi connectivity index (χ4v) is 4.26. The maximum absolute atomic E-state index is 4.68. The van der Waals surface area contributed by atoms with Crippen molar-refractivity contribution in [2.75, 3.05) is 50.1 Å². The molecule has 0 bridgehead atoms. The van der Waals surface area contributed by atoms with Gasteiger partial charge in [0.2, 0.25) is 5.95 Å². The van der Waals surface area contributed by atoms with Crippen LogP contribution in [0.1, 0.15) is 49.7 Å². The molecule has 4 rings (SSSR count). The van der Waals surface area contributed by atoms with Crippen molar-refractivity contribution in [3.8, 4) is 0 Å². The fraction of sp³-hybridized carbons (Fsp3) is 0.700. The quantitative estimate of drug-likeness (QED) is 0.781. The Morgan fingerprint density at radius 3 is 2.50 bits per heavy atom. The first-order valence-electron chi connectivity index (χ1n) is 10.5. The largest absolute Gasteiger partial charge is 0.363 e. The fourth-order valence-electron chi connectivity index (χ4n) is 4.26. The van der Waals surface area contributed by atoms with Gasteiger partial charge in [-0.3, -0.25) is 4.90 Å². The minimum absolute atomic E-state index is 0.459. The second-order valence-corrected chi connectivity index (χ2v) is 8.24. The predicted molar refractivity (Wildman–Crippen MR) is 111 cm³/mol. The summed E-state index contributed by atoms with van der Waals surface area (Å²) in [5.74, 6) is 4.47. The molecule has 0 saturated carbocycles. The van der Waals surface area contributed by atoms with Crippen molar-refractivity contribution in [3.63, 3.8) is 0 Å². The average molecular weight is 385 g/mol. The number of aromatic nitrogens is 5. The number of hydrogen-bond acceptors (Lipinski definition) is 7. The lowest BCUT2D eigenvalue weighted by atomic mass is 9.96. The lowest BCUT2D eigenvalue weighted by Gasteiger charge is -2.32. The second kappa shape index (κ2) is 8.43. The number of piperidine rings is 2. The van der Waals surface area contributed by atoms with Crippen LogP contribution in [0, 0.1) is 0 Å². The molecule has 152 valence electrons. The van der Waals surface area contributed by atoms with E-state index in [0.717, 1.165) is 55.9 Å². The van der Waals surface area contributed by atoms with E-state index in [1.165, 1.54) is 32.4 Å². The molecule has 2 aliphatic heterocycles. The third kappa shape index (κ3) is 4.11. The Hall–Kier alpha value is -2.22. The van der Waals surface area contributed by atoms with Crippen LogP contribution in [-0.4, -0.2) is 69.9 Å². The zero-order chi connectivity index (χ0) is 19.5. The van der Waals surface area contributed by atoms with Crippen LogP contribution in [-0.2, 0) is 13.6 Å². The van der Waals surface area contributed by atoms with E-state index in [9.17, 15) is 0 Å². The summed E-state index contributed by atoms with van der Waals surface area (Å²) < 4.78 is 2.23. The van der Waals surface area contributed by atoms with E-state index in [4.69, 9.17) is 0 Å². The smallest absolute Gasteiger partial charge is 0.227 e. The molecular formula is C20H32N8. The third-order valence-electron chi connectivity index (χ3n) is 6.04. The number of rotatable bonds is 5. The Labute approximate surface area is 167 Å². The number of nitrogens with zero attached hydrogens (tertiary/aromatic N) is 8. The highest BCUT2D eigenvalue weighted by molar-refractivity contribution is 5.42. The van der Waals surface area contributed by atoms with E-state index in [-0.39, 0.29) is 0 Å². The molecule has 2 saturated heterocycles. The molecule has 0 aromatic carbocycles. The normalized spacial score (nSPS) is 19.2. The van der Waals surface area contributed by atoms with Crippen LogP contribution in [0.2, 0.25) is 0 Å². The Kier molecular flexibility index (Phi) is 5.75. The summed E-state index contributed by atoms with van der Waals surface area (Å²) in [5.41, 5.74) is 0. The van der Waals surface area contributed by atoms with Crippen molar-refractivity contribution in [1.82, 2.24) is 29.6 Å². The molecule has 8 heteroatoms. The predicted octanol–water partition coefficient (Wildman–Crippen LogP) is 2.04. The molecule has 2 aromatic rings. The van der Waals surface area contributed by atoms with Gasteiger partial charge in [0.15, 0.2) is 0 Å². The van der Waals surface area contributed by atoms with Gasteiger partial charge in [0.25, 0.3) is 0 Å². The van der Waals surface area contributed by atoms with E-state index in [0.29, 0.717) is 5.92 Å². The highest BCUT2D eigenvalue weighted by atomic mass is 15.3. The minimum Gasteiger partial charge on any atom is -0.363 e. The molecule has 4 heterocycles. The molecule has 2 fully saturated rings. The van der Waals surface area contributed by atoms with Crippen LogP contribution in [0.25, 0.3) is 0 Å². The van der Waals surface area contributed by atoms with Crippen LogP contribution in [0.15, 0.2) is 12.3 Å². The van der Waals surface area contributed by atoms with Crippen LogP contribution < -0.4 is 9.80 Å². The van der Waals surface area contributed by atoms with Crippen molar-refractivity contribution in [3.05, 3.63) is 23.9 Å². The summed E-state index contributed by atoms with van der Waals surface area (Å²) in [7, 11) is 6.15. The van der Waals surface area contributed by atoms with Gasteiger partial charge in [-0.25, -0.2) is 4.98 Å². The molecule has 0 radical (unpaired) electrons. The maximum atomic E-state index is 4.68. The molecule has 0 N–H and O–H groups in total. The molecule has 0 aliphatic carbocycles. The topological polar surface area (TPSA) is 66.2 Å². The zero-order valence-corrected chi connectivity index (χ0v) is 17.4. The first-order chi connectivity index (χ1) is 13.6. The summed E-state index contributed by atoms with van der Waals surface area (Å²) in [5, 5.41) is 9.09. The van der Waals surface area contributed by atoms with Gasteiger partial charge in [-0.1, -0.05) is 6.42 Å². The Morgan fingerprint density at radius 2 is 1.79 bits per heavy atom. The van der Waals surface area contributed by atoms with E-state index in [1.807, 2.05) is 31.3 Å². The van der Waals surface area contributed by atoms with Gasteiger partial charge in [0.05, 0.1) is 6.54 Å². The van der Waals surface area contributed by atoms with Crippen molar-refractivity contribution in [2.45, 2.75) is 44.6 Å². The van der Waals surface area contributed by atoms with E-state index >= 15 is 0 Å². The SMILES string of the molecule is CN(C)c1ccnc(N2CCC(c3nnc(CN4CCCCC4)n3C)CC2)n1. The summed E-state index contributed by atoms with van der Waals surface area (Å²) in [6, 6.07) is 1.94. The standard InChI is InChI=1S/C20H32N8/c1-25(2)17-7-10-21-20(22-17)28-13-8-16(9-14-28)19-24-23-18(26(19)3)15-27-11-5-4-6-12-27/h7,10,16H,4-6,8-9,11-15H2,1-3H3. The molecule has 8 nitrogen and oxygen atoms in total. The highest BCUT2D eigenvalue weighted by Crippen LogP contribution is 2.29. The maximum Gasteiger partial charge on any atom is 0.227 e. The number of hydrogen-bond donors (Lipinski definition) is 0. The van der Waals surface area contributed by atoms with Crippen molar-refractivity contribution in [1.29, 1.82) is 0 Å². The third-order valence-corrected chi connectivity index (χ3v) is 6.04. The van der Waals surface area contributed by atoms with Gasteiger partial charge in [-0.15, -0.1) is 10.2 Å². The summed E-state index contributed by atoms with van der Waals surface area (Å²) in [6.45, 7) is 5.21. The summed E-state index contributed by atoms with van der Waals surface area (Å²) in [4.78, 5) is 16.0. The van der Waals surface area contributed by atoms with Gasteiger partial charge >= 0.3 is 0 Å². The van der Waals surface area contributed by atoms with Gasteiger partial charge in [0.1, 0.15) is 17.5 Å². The van der Waals surface area contributed by atoms with E-state index in [1.54, 1.807) is 0 Å². The monoisotopic (exact) mass is 384 g/mol. The average Bonchev–Trinajstić information content (AvgIpc) is 3.09. The minimum atomic E-state index is 0.459. The van der Waals surface area contributed by atoms with Gasteiger partial charge in [-0.2, -0.15) is 4.98 Å². The van der Waals surface area contributed by atoms with Crippen LogP contribution in [0.5, 0.6) is 0 Å². The number of anilines is 2. The highest BCUT2D eigenvalue weighted by Gasteiger charge is 2.27. The van der Waals surface area contributed by atoms with E-state index < -0.39 is 0 Å². The zero-order valence-electron chi connectivity index (χ0n) is 17.4. The summed E-state index contributed by atoms with van der Waals surface area (Å²) in [6.07, 6.45) is 7.94. The molecule has 2 aliphatic rings. The van der Waals surface area contributed by atoms with E-state index in [2.05, 4.69) is 41.6 Å². The first kappa shape index (κ1) is 19.1. The van der Waals surface area contributed by atoms with Crippen molar-refractivity contribution >= 4 is 11.8 Å². The molecule has 0 spiro atoms. The first-order valence-corrected chi connectivity index (χ1v) is 10.5. The molecule has 2 aromatic heterocycles. The Bertz CT molecular complexity index is 772. The Morgan fingerprint density at radius 1 is 1.04 bits per heavy atom. The second-order valence-electron chi connectivity index (χ2n) is 8.24. The van der Waals surface area contributed by atoms with Crippen molar-refractivity contribution < 1.29 is 0 Å². The van der Waals surface area contributed by atoms with Gasteiger partial charge < -0.3 is 14.4 Å². The molecule has 0 unspecified atom stereocenters. The van der Waals surface area contributed by atoms with Crippen LogP contribution in [0.4, 0.5) is 11.8 Å². The molecular weight excluding hydrogens is 352 g/mol. The molecule has 0 atom stereocenters. The Balaban J connectivity index is 1.38. The molecule has 0 amide bonds. The number of likely N-dealkylation sites (tertiary alicyclic amines) is 1. The van der Waals surface area contributed by atoms with Gasteiger partial charge in [0, 0.05) is 46.3 Å². The lowest BCUT2D eigenvalue weighted by Crippen LogP contribution is -2.35. The van der Waals surface area contributed by atoms with Gasteiger partial charge in [-0.05, 0) is 44.8 Å². The van der Waals surface area contributed by atoms with Crippen LogP contribution >= 0.6 is 0 Å². The van der Waals surface area contributed by atoms with Crippen molar-refractivity contribution in [2.24, 2.45) is 7.05 Å². The summed E-state index contributed by atoms with van der Waals surface area (Å²) >= 11 is 0. The lowest BCUT2D eigenvalue weighted by molar-refractivity contribution is 0.213.